The number of carbonyl (C=O) groups excluding carboxylic acids is 2. The van der Waals surface area contributed by atoms with E-state index in [0.29, 0.717) is 38.8 Å². The van der Waals surface area contributed by atoms with Crippen LogP contribution in [0.3, 0.4) is 0 Å². The molecule has 0 radical (unpaired) electrons. The molecule has 1 N–H and O–H groups in total. The summed E-state index contributed by atoms with van der Waals surface area (Å²) in [5.74, 6) is -0.0809. The average Bonchev–Trinajstić information content (AvgIpc) is 3.06. The number of hydrogen-bond acceptors (Lipinski definition) is 3. The van der Waals surface area contributed by atoms with Gasteiger partial charge in [0.25, 0.3) is 0 Å². The molecule has 2 aliphatic rings. The average molecular weight is 294 g/mol. The summed E-state index contributed by atoms with van der Waals surface area (Å²) in [6, 6.07) is 0.370. The van der Waals surface area contributed by atoms with E-state index in [-0.39, 0.29) is 17.7 Å². The van der Waals surface area contributed by atoms with Crippen molar-refractivity contribution in [3.05, 3.63) is 12.2 Å². The van der Waals surface area contributed by atoms with Crippen molar-refractivity contribution in [1.29, 1.82) is 0 Å². The van der Waals surface area contributed by atoms with Crippen molar-refractivity contribution in [2.45, 2.75) is 45.1 Å². The molecule has 0 aromatic rings. The summed E-state index contributed by atoms with van der Waals surface area (Å²) in [5.41, 5.74) is 0.968. The third-order valence-electron chi connectivity index (χ3n) is 4.19. The van der Waals surface area contributed by atoms with E-state index in [1.165, 1.54) is 12.8 Å². The Bertz CT molecular complexity index is 402. The van der Waals surface area contributed by atoms with Crippen molar-refractivity contribution >= 4 is 11.8 Å². The molecular weight excluding hydrogens is 268 g/mol. The zero-order valence-corrected chi connectivity index (χ0v) is 12.9. The lowest BCUT2D eigenvalue weighted by atomic mass is 10.1. The Hall–Kier alpha value is -1.36. The van der Waals surface area contributed by atoms with Gasteiger partial charge in [-0.2, -0.15) is 0 Å². The van der Waals surface area contributed by atoms with Gasteiger partial charge in [-0.05, 0) is 19.8 Å². The van der Waals surface area contributed by atoms with E-state index in [2.05, 4.69) is 11.9 Å². The van der Waals surface area contributed by atoms with Crippen LogP contribution in [0.5, 0.6) is 0 Å². The van der Waals surface area contributed by atoms with Gasteiger partial charge in [-0.15, -0.1) is 0 Å². The Morgan fingerprint density at radius 1 is 1.43 bits per heavy atom. The molecule has 21 heavy (non-hydrogen) atoms. The normalized spacial score (nSPS) is 22.8. The van der Waals surface area contributed by atoms with E-state index in [1.54, 1.807) is 0 Å². The van der Waals surface area contributed by atoms with Crippen LogP contribution in [0.15, 0.2) is 12.2 Å². The predicted molar refractivity (Wildman–Crippen MR) is 80.7 cm³/mol. The lowest BCUT2D eigenvalue weighted by molar-refractivity contribution is -0.130. The first-order valence-corrected chi connectivity index (χ1v) is 7.87. The van der Waals surface area contributed by atoms with Gasteiger partial charge in [0.2, 0.25) is 11.8 Å². The minimum Gasteiger partial charge on any atom is -0.375 e. The van der Waals surface area contributed by atoms with E-state index < -0.39 is 0 Å². The number of carbonyl (C=O) groups is 2. The Morgan fingerprint density at radius 2 is 2.14 bits per heavy atom. The van der Waals surface area contributed by atoms with Crippen LogP contribution >= 0.6 is 0 Å². The topological polar surface area (TPSA) is 58.6 Å². The van der Waals surface area contributed by atoms with Crippen molar-refractivity contribution in [3.8, 4) is 0 Å². The summed E-state index contributed by atoms with van der Waals surface area (Å²) in [5, 5.41) is 2.86. The molecule has 2 rings (SSSR count). The first-order chi connectivity index (χ1) is 10.1. The van der Waals surface area contributed by atoms with E-state index in [9.17, 15) is 9.59 Å². The van der Waals surface area contributed by atoms with Gasteiger partial charge in [-0.1, -0.05) is 25.0 Å². The Labute approximate surface area is 126 Å². The summed E-state index contributed by atoms with van der Waals surface area (Å²) in [6.45, 7) is 7.72. The molecular formula is C16H26N2O3. The number of hydrogen-bond donors (Lipinski definition) is 1. The quantitative estimate of drug-likeness (QED) is 0.571. The highest BCUT2D eigenvalue weighted by atomic mass is 16.5. The third-order valence-corrected chi connectivity index (χ3v) is 4.19. The Balaban J connectivity index is 1.68. The molecule has 5 nitrogen and oxygen atoms in total. The van der Waals surface area contributed by atoms with Crippen LogP contribution in [0.25, 0.3) is 0 Å². The molecule has 0 aromatic carbocycles. The number of amides is 2. The van der Waals surface area contributed by atoms with Crippen molar-refractivity contribution < 1.29 is 14.3 Å². The molecule has 2 fully saturated rings. The highest BCUT2D eigenvalue weighted by Gasteiger charge is 2.38. The smallest absolute Gasteiger partial charge is 0.225 e. The van der Waals surface area contributed by atoms with Gasteiger partial charge in [0.15, 0.2) is 0 Å². The maximum atomic E-state index is 12.1. The van der Waals surface area contributed by atoms with E-state index in [1.807, 2.05) is 11.8 Å². The van der Waals surface area contributed by atoms with Gasteiger partial charge in [-0.3, -0.25) is 9.59 Å². The summed E-state index contributed by atoms with van der Waals surface area (Å²) >= 11 is 0. The number of ether oxygens (including phenoxy) is 1. The summed E-state index contributed by atoms with van der Waals surface area (Å²) in [6.07, 6.45) is 4.94. The fraction of sp³-hybridized carbons (Fsp3) is 0.750. The predicted octanol–water partition coefficient (Wildman–Crippen LogP) is 1.49. The van der Waals surface area contributed by atoms with Crippen molar-refractivity contribution in [2.75, 3.05) is 26.3 Å². The molecule has 1 heterocycles. The van der Waals surface area contributed by atoms with Gasteiger partial charge < -0.3 is 15.0 Å². The second-order valence-corrected chi connectivity index (χ2v) is 6.19. The molecule has 0 bridgehead atoms. The molecule has 5 heteroatoms. The minimum atomic E-state index is -0.195. The first kappa shape index (κ1) is 16.0. The zero-order valence-electron chi connectivity index (χ0n) is 12.9. The minimum absolute atomic E-state index is 0.0252. The van der Waals surface area contributed by atoms with Crippen LogP contribution in [0.2, 0.25) is 0 Å². The highest BCUT2D eigenvalue weighted by molar-refractivity contribution is 5.89. The van der Waals surface area contributed by atoms with Gasteiger partial charge in [0.05, 0.1) is 19.1 Å². The summed E-state index contributed by atoms with van der Waals surface area (Å²) in [7, 11) is 0. The highest BCUT2D eigenvalue weighted by Crippen LogP contribution is 2.29. The SMILES string of the molecule is C=C(C)COCCNC(=O)C1CC(=O)N(C2CCCC2)C1. The van der Waals surface area contributed by atoms with Crippen LogP contribution in [-0.4, -0.2) is 49.1 Å². The van der Waals surface area contributed by atoms with Gasteiger partial charge >= 0.3 is 0 Å². The lowest BCUT2D eigenvalue weighted by Gasteiger charge is -2.23. The number of likely N-dealkylation sites (tertiary alicyclic amines) is 1. The van der Waals surface area contributed by atoms with Gasteiger partial charge in [-0.25, -0.2) is 0 Å². The van der Waals surface area contributed by atoms with E-state index in [4.69, 9.17) is 4.74 Å². The molecule has 0 spiro atoms. The fourth-order valence-electron chi connectivity index (χ4n) is 3.11. The van der Waals surface area contributed by atoms with Gasteiger partial charge in [0, 0.05) is 25.6 Å². The zero-order chi connectivity index (χ0) is 15.2. The van der Waals surface area contributed by atoms with Crippen LogP contribution < -0.4 is 5.32 Å². The Kier molecular flexibility index (Phi) is 5.79. The Morgan fingerprint density at radius 3 is 2.81 bits per heavy atom. The molecule has 2 amide bonds. The van der Waals surface area contributed by atoms with E-state index in [0.717, 1.165) is 18.4 Å². The van der Waals surface area contributed by atoms with Crippen LogP contribution in [-0.2, 0) is 14.3 Å². The van der Waals surface area contributed by atoms with Crippen LogP contribution in [0, 0.1) is 5.92 Å². The molecule has 1 aliphatic carbocycles. The van der Waals surface area contributed by atoms with E-state index >= 15 is 0 Å². The second-order valence-electron chi connectivity index (χ2n) is 6.19. The van der Waals surface area contributed by atoms with Crippen molar-refractivity contribution in [1.82, 2.24) is 10.2 Å². The molecule has 0 aromatic heterocycles. The van der Waals surface area contributed by atoms with Crippen molar-refractivity contribution in [2.24, 2.45) is 5.92 Å². The first-order valence-electron chi connectivity index (χ1n) is 7.87. The van der Waals surface area contributed by atoms with Crippen LogP contribution in [0.4, 0.5) is 0 Å². The monoisotopic (exact) mass is 294 g/mol. The maximum Gasteiger partial charge on any atom is 0.225 e. The third kappa shape index (κ3) is 4.56. The summed E-state index contributed by atoms with van der Waals surface area (Å²) < 4.78 is 5.34. The number of nitrogens with zero attached hydrogens (tertiary/aromatic N) is 1. The standard InChI is InChI=1S/C16H26N2O3/c1-12(2)11-21-8-7-17-16(20)13-9-15(19)18(10-13)14-5-3-4-6-14/h13-14H,1,3-11H2,2H3,(H,17,20). The molecule has 118 valence electrons. The van der Waals surface area contributed by atoms with Crippen molar-refractivity contribution in [3.63, 3.8) is 0 Å². The molecule has 1 saturated heterocycles. The lowest BCUT2D eigenvalue weighted by Crippen LogP contribution is -2.37. The van der Waals surface area contributed by atoms with Gasteiger partial charge in [0.1, 0.15) is 0 Å². The number of rotatable bonds is 7. The summed E-state index contributed by atoms with van der Waals surface area (Å²) in [4.78, 5) is 26.0. The molecule has 1 aliphatic heterocycles. The van der Waals surface area contributed by atoms with Crippen LogP contribution in [0.1, 0.15) is 39.0 Å². The molecule has 1 unspecified atom stereocenters. The maximum absolute atomic E-state index is 12.1. The number of nitrogens with one attached hydrogen (secondary N) is 1. The molecule has 1 saturated carbocycles. The molecule has 1 atom stereocenters. The second kappa shape index (κ2) is 7.59. The fourth-order valence-corrected chi connectivity index (χ4v) is 3.11. The largest absolute Gasteiger partial charge is 0.375 e.